The van der Waals surface area contributed by atoms with Gasteiger partial charge in [-0.3, -0.25) is 0 Å². The third-order valence-corrected chi connectivity index (χ3v) is 3.29. The summed E-state index contributed by atoms with van der Waals surface area (Å²) >= 11 is 0. The van der Waals surface area contributed by atoms with Crippen LogP contribution in [0.25, 0.3) is 0 Å². The van der Waals surface area contributed by atoms with Crippen molar-refractivity contribution in [2.45, 2.75) is 38.6 Å². The Balaban J connectivity index is 1.97. The minimum atomic E-state index is 0.743. The lowest BCUT2D eigenvalue weighted by Gasteiger charge is -2.32. The summed E-state index contributed by atoms with van der Waals surface area (Å²) in [5, 5.41) is 3.61. The zero-order valence-corrected chi connectivity index (χ0v) is 11.3. The van der Waals surface area contributed by atoms with Crippen LogP contribution < -0.4 is 5.32 Å². The van der Waals surface area contributed by atoms with Gasteiger partial charge in [-0.05, 0) is 45.3 Å². The molecule has 100 valence electrons. The van der Waals surface area contributed by atoms with Gasteiger partial charge in [-0.1, -0.05) is 13.0 Å². The van der Waals surface area contributed by atoms with Gasteiger partial charge in [0.1, 0.15) is 0 Å². The highest BCUT2D eigenvalue weighted by molar-refractivity contribution is 4.76. The molecule has 0 unspecified atom stereocenters. The van der Waals surface area contributed by atoms with E-state index >= 15 is 0 Å². The summed E-state index contributed by atoms with van der Waals surface area (Å²) < 4.78 is 5.54. The van der Waals surface area contributed by atoms with Crippen LogP contribution in [0.5, 0.6) is 0 Å². The highest BCUT2D eigenvalue weighted by Crippen LogP contribution is 2.09. The number of rotatable bonds is 9. The molecule has 0 aromatic rings. The lowest BCUT2D eigenvalue weighted by molar-refractivity contribution is 0.0945. The molecule has 1 saturated heterocycles. The van der Waals surface area contributed by atoms with Crippen LogP contribution in [0.4, 0.5) is 0 Å². The molecule has 1 heterocycles. The van der Waals surface area contributed by atoms with E-state index in [1.807, 2.05) is 6.08 Å². The Morgan fingerprint density at radius 1 is 1.35 bits per heavy atom. The highest BCUT2D eigenvalue weighted by Gasteiger charge is 2.17. The number of nitrogens with zero attached hydrogens (tertiary/aromatic N) is 1. The molecular formula is C14H28N2O. The van der Waals surface area contributed by atoms with Crippen LogP contribution >= 0.6 is 0 Å². The largest absolute Gasteiger partial charge is 0.380 e. The molecule has 1 N–H and O–H groups in total. The maximum Gasteiger partial charge on any atom is 0.0593 e. The summed E-state index contributed by atoms with van der Waals surface area (Å²) in [5.41, 5.74) is 0. The Morgan fingerprint density at radius 3 is 2.76 bits per heavy atom. The minimum absolute atomic E-state index is 0.743. The van der Waals surface area contributed by atoms with Crippen LogP contribution in [0, 0.1) is 0 Å². The second-order valence-electron chi connectivity index (χ2n) is 4.76. The number of likely N-dealkylation sites (tertiary alicyclic amines) is 1. The van der Waals surface area contributed by atoms with Crippen LogP contribution in [0.15, 0.2) is 12.7 Å². The van der Waals surface area contributed by atoms with Crippen molar-refractivity contribution in [2.75, 3.05) is 39.4 Å². The fourth-order valence-corrected chi connectivity index (χ4v) is 2.17. The third-order valence-electron chi connectivity index (χ3n) is 3.29. The van der Waals surface area contributed by atoms with Crippen molar-refractivity contribution >= 4 is 0 Å². The zero-order valence-electron chi connectivity index (χ0n) is 11.3. The second-order valence-corrected chi connectivity index (χ2v) is 4.76. The second kappa shape index (κ2) is 9.63. The fourth-order valence-electron chi connectivity index (χ4n) is 2.17. The number of piperidine rings is 1. The van der Waals surface area contributed by atoms with E-state index in [0.29, 0.717) is 0 Å². The summed E-state index contributed by atoms with van der Waals surface area (Å²) in [6.07, 6.45) is 6.67. The van der Waals surface area contributed by atoms with Gasteiger partial charge in [0.2, 0.25) is 0 Å². The first-order chi connectivity index (χ1) is 8.36. The van der Waals surface area contributed by atoms with Crippen molar-refractivity contribution in [3.63, 3.8) is 0 Å². The lowest BCUT2D eigenvalue weighted by atomic mass is 10.1. The summed E-state index contributed by atoms with van der Waals surface area (Å²) in [4.78, 5) is 2.51. The van der Waals surface area contributed by atoms with E-state index in [2.05, 4.69) is 23.7 Å². The standard InChI is InChI=1S/C14H28N2O/c1-3-5-12-17-13-11-16-9-6-14(7-10-16)15-8-4-2/h3,14-15H,1,4-13H2,2H3. The molecule has 0 saturated carbocycles. The maximum atomic E-state index is 5.54. The van der Waals surface area contributed by atoms with Gasteiger partial charge in [0, 0.05) is 12.6 Å². The summed E-state index contributed by atoms with van der Waals surface area (Å²) in [7, 11) is 0. The Morgan fingerprint density at radius 2 is 2.12 bits per heavy atom. The number of hydrogen-bond acceptors (Lipinski definition) is 3. The third kappa shape index (κ3) is 6.81. The Bertz CT molecular complexity index is 189. The van der Waals surface area contributed by atoms with Crippen molar-refractivity contribution in [3.8, 4) is 0 Å². The van der Waals surface area contributed by atoms with Gasteiger partial charge in [0.05, 0.1) is 13.2 Å². The molecule has 0 aromatic heterocycles. The molecule has 0 aromatic carbocycles. The van der Waals surface area contributed by atoms with Crippen molar-refractivity contribution in [1.82, 2.24) is 10.2 Å². The van der Waals surface area contributed by atoms with E-state index in [-0.39, 0.29) is 0 Å². The summed E-state index contributed by atoms with van der Waals surface area (Å²) in [6.45, 7) is 12.3. The van der Waals surface area contributed by atoms with Crippen LogP contribution in [0.2, 0.25) is 0 Å². The van der Waals surface area contributed by atoms with Crippen molar-refractivity contribution in [2.24, 2.45) is 0 Å². The molecule has 17 heavy (non-hydrogen) atoms. The fraction of sp³-hybridized carbons (Fsp3) is 0.857. The minimum Gasteiger partial charge on any atom is -0.380 e. The van der Waals surface area contributed by atoms with Gasteiger partial charge < -0.3 is 15.0 Å². The molecule has 1 aliphatic rings. The average Bonchev–Trinajstić information content (AvgIpc) is 2.37. The van der Waals surface area contributed by atoms with Crippen LogP contribution in [-0.4, -0.2) is 50.3 Å². The molecule has 1 aliphatic heterocycles. The van der Waals surface area contributed by atoms with E-state index in [1.165, 1.54) is 32.4 Å². The Labute approximate surface area is 106 Å². The zero-order chi connectivity index (χ0) is 12.3. The van der Waals surface area contributed by atoms with E-state index in [4.69, 9.17) is 4.74 Å². The first-order valence-corrected chi connectivity index (χ1v) is 7.01. The first-order valence-electron chi connectivity index (χ1n) is 7.01. The lowest BCUT2D eigenvalue weighted by Crippen LogP contribution is -2.43. The normalized spacial score (nSPS) is 18.4. The molecular weight excluding hydrogens is 212 g/mol. The van der Waals surface area contributed by atoms with Crippen LogP contribution in [0.3, 0.4) is 0 Å². The molecule has 3 heteroatoms. The topological polar surface area (TPSA) is 24.5 Å². The van der Waals surface area contributed by atoms with Gasteiger partial charge >= 0.3 is 0 Å². The van der Waals surface area contributed by atoms with E-state index < -0.39 is 0 Å². The molecule has 3 nitrogen and oxygen atoms in total. The maximum absolute atomic E-state index is 5.54. The summed E-state index contributed by atoms with van der Waals surface area (Å²) in [5.74, 6) is 0. The summed E-state index contributed by atoms with van der Waals surface area (Å²) in [6, 6.07) is 0.743. The Hall–Kier alpha value is -0.380. The van der Waals surface area contributed by atoms with Gasteiger partial charge in [-0.2, -0.15) is 0 Å². The monoisotopic (exact) mass is 240 g/mol. The predicted molar refractivity (Wildman–Crippen MR) is 73.4 cm³/mol. The van der Waals surface area contributed by atoms with Crippen LogP contribution in [0.1, 0.15) is 32.6 Å². The first kappa shape index (κ1) is 14.7. The molecule has 1 rings (SSSR count). The predicted octanol–water partition coefficient (Wildman–Crippen LogP) is 2.04. The Kier molecular flexibility index (Phi) is 8.32. The van der Waals surface area contributed by atoms with Gasteiger partial charge in [-0.25, -0.2) is 0 Å². The quantitative estimate of drug-likeness (QED) is 0.493. The van der Waals surface area contributed by atoms with Crippen molar-refractivity contribution in [3.05, 3.63) is 12.7 Å². The SMILES string of the molecule is C=CCCOCCN1CCC(NCCC)CC1. The smallest absolute Gasteiger partial charge is 0.0593 e. The molecule has 0 bridgehead atoms. The number of hydrogen-bond donors (Lipinski definition) is 1. The van der Waals surface area contributed by atoms with Crippen molar-refractivity contribution < 1.29 is 4.74 Å². The molecule has 0 amide bonds. The van der Waals surface area contributed by atoms with Crippen molar-refractivity contribution in [1.29, 1.82) is 0 Å². The highest BCUT2D eigenvalue weighted by atomic mass is 16.5. The number of ether oxygens (including phenoxy) is 1. The molecule has 0 spiro atoms. The molecule has 0 radical (unpaired) electrons. The molecule has 0 aliphatic carbocycles. The van der Waals surface area contributed by atoms with Gasteiger partial charge in [-0.15, -0.1) is 6.58 Å². The van der Waals surface area contributed by atoms with E-state index in [9.17, 15) is 0 Å². The average molecular weight is 240 g/mol. The number of nitrogens with one attached hydrogen (secondary N) is 1. The van der Waals surface area contributed by atoms with E-state index in [1.54, 1.807) is 0 Å². The molecule has 0 atom stereocenters. The van der Waals surface area contributed by atoms with Gasteiger partial charge in [0.15, 0.2) is 0 Å². The van der Waals surface area contributed by atoms with E-state index in [0.717, 1.165) is 38.8 Å². The van der Waals surface area contributed by atoms with Crippen LogP contribution in [-0.2, 0) is 4.74 Å². The molecule has 1 fully saturated rings. The van der Waals surface area contributed by atoms with Gasteiger partial charge in [0.25, 0.3) is 0 Å².